The number of ether oxygens (including phenoxy) is 1. The number of nitrogens with zero attached hydrogens (tertiary/aromatic N) is 3. The van der Waals surface area contributed by atoms with E-state index in [1.165, 1.54) is 18.2 Å². The Kier molecular flexibility index (Phi) is 6.71. The minimum Gasteiger partial charge on any atom is -0.406 e. The highest BCUT2D eigenvalue weighted by atomic mass is 19.4. The molecule has 0 saturated carbocycles. The van der Waals surface area contributed by atoms with Crippen LogP contribution in [0.4, 0.5) is 24.9 Å². The third-order valence-electron chi connectivity index (χ3n) is 4.27. The van der Waals surface area contributed by atoms with E-state index in [1.807, 2.05) is 26.0 Å². The molecule has 0 bridgehead atoms. The second-order valence-electron chi connectivity index (χ2n) is 6.71. The molecule has 0 spiro atoms. The molecule has 0 unspecified atom stereocenters. The van der Waals surface area contributed by atoms with Gasteiger partial charge in [0.25, 0.3) is 0 Å². The summed E-state index contributed by atoms with van der Waals surface area (Å²) in [5.74, 6) is 0.620. The first kappa shape index (κ1) is 21.4. The number of alkyl halides is 3. The molecule has 0 saturated heterocycles. The summed E-state index contributed by atoms with van der Waals surface area (Å²) in [5.41, 5.74) is 1.92. The number of halogens is 3. The second kappa shape index (κ2) is 9.43. The zero-order chi connectivity index (χ0) is 21.6. The Morgan fingerprint density at radius 2 is 1.93 bits per heavy atom. The largest absolute Gasteiger partial charge is 0.573 e. The smallest absolute Gasteiger partial charge is 0.406 e. The summed E-state index contributed by atoms with van der Waals surface area (Å²) in [7, 11) is 0. The number of benzene rings is 1. The van der Waals surface area contributed by atoms with Gasteiger partial charge >= 0.3 is 6.36 Å². The third-order valence-corrected chi connectivity index (χ3v) is 4.27. The predicted octanol–water partition coefficient (Wildman–Crippen LogP) is 5.26. The maximum absolute atomic E-state index is 12.6. The zero-order valence-corrected chi connectivity index (χ0v) is 16.6. The fourth-order valence-corrected chi connectivity index (χ4v) is 2.62. The summed E-state index contributed by atoms with van der Waals surface area (Å²) >= 11 is 0. The van der Waals surface area contributed by atoms with E-state index < -0.39 is 6.36 Å². The van der Waals surface area contributed by atoms with Crippen molar-refractivity contribution in [2.75, 3.05) is 10.6 Å². The van der Waals surface area contributed by atoms with Gasteiger partial charge in [-0.15, -0.1) is 13.2 Å². The van der Waals surface area contributed by atoms with Crippen LogP contribution in [0.3, 0.4) is 0 Å². The lowest BCUT2D eigenvalue weighted by molar-refractivity contribution is -0.274. The van der Waals surface area contributed by atoms with Crippen molar-refractivity contribution in [2.24, 2.45) is 0 Å². The molecule has 1 aromatic carbocycles. The van der Waals surface area contributed by atoms with Gasteiger partial charge in [-0.05, 0) is 37.1 Å². The summed E-state index contributed by atoms with van der Waals surface area (Å²) < 4.78 is 41.8. The highest BCUT2D eigenvalue weighted by molar-refractivity contribution is 5.66. The molecule has 0 radical (unpaired) electrons. The minimum atomic E-state index is -4.76. The summed E-state index contributed by atoms with van der Waals surface area (Å²) in [6.07, 6.45) is -0.466. The molecular weight excluding hydrogens is 395 g/mol. The SMILES string of the molecule is CC[C@@H](C)Nc1nc(NCc2cccnc2)cc(-c2cccc(OC(F)(F)F)c2)n1. The molecule has 3 aromatic rings. The van der Waals surface area contributed by atoms with E-state index in [4.69, 9.17) is 0 Å². The molecule has 6 nitrogen and oxygen atoms in total. The van der Waals surface area contributed by atoms with Crippen LogP contribution in [0.5, 0.6) is 5.75 Å². The third kappa shape index (κ3) is 6.33. The van der Waals surface area contributed by atoms with Gasteiger partial charge in [0.1, 0.15) is 11.6 Å². The van der Waals surface area contributed by atoms with Gasteiger partial charge in [0.2, 0.25) is 5.95 Å². The number of hydrogen-bond donors (Lipinski definition) is 2. The van der Waals surface area contributed by atoms with E-state index >= 15 is 0 Å². The van der Waals surface area contributed by atoms with E-state index in [0.29, 0.717) is 29.6 Å². The number of anilines is 2. The van der Waals surface area contributed by atoms with Gasteiger partial charge in [0.15, 0.2) is 0 Å². The zero-order valence-electron chi connectivity index (χ0n) is 16.6. The van der Waals surface area contributed by atoms with Crippen LogP contribution < -0.4 is 15.4 Å². The van der Waals surface area contributed by atoms with E-state index in [-0.39, 0.29) is 11.8 Å². The van der Waals surface area contributed by atoms with Crippen LogP contribution in [0, 0.1) is 0 Å². The minimum absolute atomic E-state index is 0.131. The highest BCUT2D eigenvalue weighted by Crippen LogP contribution is 2.28. The van der Waals surface area contributed by atoms with Crippen LogP contribution in [-0.4, -0.2) is 27.4 Å². The molecule has 1 atom stereocenters. The molecule has 3 rings (SSSR count). The van der Waals surface area contributed by atoms with Crippen molar-refractivity contribution in [3.05, 3.63) is 60.4 Å². The molecule has 0 amide bonds. The molecular formula is C21H22F3N5O. The van der Waals surface area contributed by atoms with Crippen LogP contribution in [0.2, 0.25) is 0 Å². The van der Waals surface area contributed by atoms with Crippen LogP contribution in [0.25, 0.3) is 11.3 Å². The molecule has 30 heavy (non-hydrogen) atoms. The van der Waals surface area contributed by atoms with Crippen molar-refractivity contribution in [1.29, 1.82) is 0 Å². The normalized spacial score (nSPS) is 12.3. The van der Waals surface area contributed by atoms with Crippen molar-refractivity contribution in [3.63, 3.8) is 0 Å². The quantitative estimate of drug-likeness (QED) is 0.521. The lowest BCUT2D eigenvalue weighted by Crippen LogP contribution is -2.17. The fraction of sp³-hybridized carbons (Fsp3) is 0.286. The van der Waals surface area contributed by atoms with E-state index in [0.717, 1.165) is 12.0 Å². The lowest BCUT2D eigenvalue weighted by atomic mass is 10.1. The highest BCUT2D eigenvalue weighted by Gasteiger charge is 2.31. The molecule has 2 heterocycles. The molecule has 0 aliphatic carbocycles. The Bertz CT molecular complexity index is 966. The maximum Gasteiger partial charge on any atom is 0.573 e. The Hall–Kier alpha value is -3.36. The lowest BCUT2D eigenvalue weighted by Gasteiger charge is -2.15. The first-order valence-electron chi connectivity index (χ1n) is 9.47. The number of pyridine rings is 1. The van der Waals surface area contributed by atoms with Gasteiger partial charge in [-0.3, -0.25) is 4.98 Å². The summed E-state index contributed by atoms with van der Waals surface area (Å²) in [4.78, 5) is 13.0. The number of hydrogen-bond acceptors (Lipinski definition) is 6. The fourth-order valence-electron chi connectivity index (χ4n) is 2.62. The number of rotatable bonds is 8. The van der Waals surface area contributed by atoms with Crippen molar-refractivity contribution in [3.8, 4) is 17.0 Å². The molecule has 158 valence electrons. The molecule has 0 fully saturated rings. The Labute approximate surface area is 172 Å². The first-order valence-corrected chi connectivity index (χ1v) is 9.47. The Balaban J connectivity index is 1.90. The topological polar surface area (TPSA) is 72.0 Å². The van der Waals surface area contributed by atoms with Crippen LogP contribution >= 0.6 is 0 Å². The van der Waals surface area contributed by atoms with Crippen LogP contribution in [-0.2, 0) is 6.54 Å². The van der Waals surface area contributed by atoms with Gasteiger partial charge in [-0.1, -0.05) is 25.1 Å². The first-order chi connectivity index (χ1) is 14.3. The van der Waals surface area contributed by atoms with Crippen LogP contribution in [0.15, 0.2) is 54.9 Å². The van der Waals surface area contributed by atoms with Gasteiger partial charge in [0.05, 0.1) is 5.69 Å². The van der Waals surface area contributed by atoms with Crippen molar-refractivity contribution in [1.82, 2.24) is 15.0 Å². The maximum atomic E-state index is 12.6. The average molecular weight is 417 g/mol. The van der Waals surface area contributed by atoms with Crippen molar-refractivity contribution < 1.29 is 17.9 Å². The van der Waals surface area contributed by atoms with Gasteiger partial charge < -0.3 is 15.4 Å². The van der Waals surface area contributed by atoms with Crippen LogP contribution in [0.1, 0.15) is 25.8 Å². The van der Waals surface area contributed by atoms with Crippen molar-refractivity contribution >= 4 is 11.8 Å². The molecule has 0 aliphatic rings. The summed E-state index contributed by atoms with van der Waals surface area (Å²) in [5, 5.41) is 6.42. The summed E-state index contributed by atoms with van der Waals surface area (Å²) in [6.45, 7) is 4.52. The van der Waals surface area contributed by atoms with E-state index in [1.54, 1.807) is 24.5 Å². The Morgan fingerprint density at radius 1 is 1.10 bits per heavy atom. The molecule has 9 heteroatoms. The molecule has 2 aromatic heterocycles. The van der Waals surface area contributed by atoms with Crippen molar-refractivity contribution in [2.45, 2.75) is 39.2 Å². The number of aromatic nitrogens is 3. The molecule has 0 aliphatic heterocycles. The summed E-state index contributed by atoms with van der Waals surface area (Å²) in [6, 6.07) is 11.3. The standard InChI is InChI=1S/C21H22F3N5O/c1-3-14(2)27-20-28-18(16-7-4-8-17(10-16)30-21(22,23)24)11-19(29-20)26-13-15-6-5-9-25-12-15/h4-12,14H,3,13H2,1-2H3,(H2,26,27,28,29)/t14-/m1/s1. The van der Waals surface area contributed by atoms with E-state index in [9.17, 15) is 13.2 Å². The van der Waals surface area contributed by atoms with E-state index in [2.05, 4.69) is 30.3 Å². The number of nitrogens with one attached hydrogen (secondary N) is 2. The second-order valence-corrected chi connectivity index (χ2v) is 6.71. The van der Waals surface area contributed by atoms with Gasteiger partial charge in [-0.25, -0.2) is 4.98 Å². The van der Waals surface area contributed by atoms with Gasteiger partial charge in [-0.2, -0.15) is 4.98 Å². The molecule has 2 N–H and O–H groups in total. The Morgan fingerprint density at radius 3 is 2.63 bits per heavy atom. The predicted molar refractivity (Wildman–Crippen MR) is 109 cm³/mol. The monoisotopic (exact) mass is 417 g/mol. The average Bonchev–Trinajstić information content (AvgIpc) is 2.72. The van der Waals surface area contributed by atoms with Gasteiger partial charge in [0, 0.05) is 36.6 Å².